The third-order valence-corrected chi connectivity index (χ3v) is 1.76. The molecule has 1 aromatic heterocycles. The van der Waals surface area contributed by atoms with Crippen molar-refractivity contribution in [2.24, 2.45) is 0 Å². The molecule has 0 saturated carbocycles. The zero-order valence-corrected chi connectivity index (χ0v) is 7.11. The molecule has 1 radical (unpaired) electrons. The number of rotatable bonds is 0. The highest BCUT2D eigenvalue weighted by molar-refractivity contribution is 14.1. The lowest BCUT2D eigenvalue weighted by molar-refractivity contribution is 1.06. The van der Waals surface area contributed by atoms with Gasteiger partial charge in [0.1, 0.15) is 10.0 Å². The van der Waals surface area contributed by atoms with Crippen LogP contribution >= 0.6 is 22.6 Å². The molecular formula is C6H3IN3. The minimum absolute atomic E-state index is 0.777. The van der Waals surface area contributed by atoms with Crippen molar-refractivity contribution in [3.8, 4) is 0 Å². The van der Waals surface area contributed by atoms with Gasteiger partial charge >= 0.3 is 0 Å². The summed E-state index contributed by atoms with van der Waals surface area (Å²) in [6.07, 6.45) is 5.22. The van der Waals surface area contributed by atoms with E-state index < -0.39 is 0 Å². The van der Waals surface area contributed by atoms with Crippen LogP contribution in [0.25, 0.3) is 6.08 Å². The Labute approximate surface area is 71.7 Å². The molecule has 2 heterocycles. The van der Waals surface area contributed by atoms with Crippen LogP contribution < -0.4 is 5.32 Å². The summed E-state index contributed by atoms with van der Waals surface area (Å²) in [4.78, 5) is 7.85. The van der Waals surface area contributed by atoms with Gasteiger partial charge < -0.3 is 0 Å². The number of fused-ring (bicyclic) bond motifs is 1. The molecule has 1 aliphatic heterocycles. The highest BCUT2D eigenvalue weighted by Crippen LogP contribution is 2.26. The predicted molar refractivity (Wildman–Crippen MR) is 45.8 cm³/mol. The van der Waals surface area contributed by atoms with Crippen LogP contribution in [0.2, 0.25) is 0 Å². The summed E-state index contributed by atoms with van der Waals surface area (Å²) in [5, 5.41) is 4.15. The maximum Gasteiger partial charge on any atom is 0.163 e. The van der Waals surface area contributed by atoms with E-state index >= 15 is 0 Å². The SMILES string of the molecule is IC1=Cc2cncnc2[N]1. The van der Waals surface area contributed by atoms with Crippen molar-refractivity contribution >= 4 is 34.5 Å². The standard InChI is InChI=1S/C6H3IN3/c7-5-1-4-2-8-3-9-6(4)10-5/h1-3H. The van der Waals surface area contributed by atoms with Crippen LogP contribution in [0.3, 0.4) is 0 Å². The Kier molecular flexibility index (Phi) is 1.33. The zero-order chi connectivity index (χ0) is 6.97. The molecule has 0 amide bonds. The maximum atomic E-state index is 4.15. The van der Waals surface area contributed by atoms with E-state index in [0.717, 1.165) is 15.1 Å². The molecule has 0 aromatic carbocycles. The molecule has 0 spiro atoms. The van der Waals surface area contributed by atoms with Crippen molar-refractivity contribution in [1.82, 2.24) is 15.3 Å². The Hall–Kier alpha value is -0.650. The van der Waals surface area contributed by atoms with Crippen molar-refractivity contribution in [1.29, 1.82) is 0 Å². The molecule has 0 atom stereocenters. The minimum Gasteiger partial charge on any atom is -0.244 e. The Morgan fingerprint density at radius 3 is 3.10 bits per heavy atom. The molecule has 0 fully saturated rings. The average Bonchev–Trinajstić information content (AvgIpc) is 2.27. The number of hydrogen-bond donors (Lipinski definition) is 0. The molecule has 0 saturated heterocycles. The van der Waals surface area contributed by atoms with Crippen LogP contribution in [0.15, 0.2) is 16.2 Å². The average molecular weight is 244 g/mol. The van der Waals surface area contributed by atoms with Crippen LogP contribution in [-0.2, 0) is 0 Å². The van der Waals surface area contributed by atoms with Gasteiger partial charge in [0.15, 0.2) is 5.82 Å². The first-order valence-electron chi connectivity index (χ1n) is 2.75. The van der Waals surface area contributed by atoms with E-state index in [1.165, 1.54) is 6.33 Å². The number of hydrogen-bond acceptors (Lipinski definition) is 2. The number of nitrogens with zero attached hydrogens (tertiary/aromatic N) is 3. The van der Waals surface area contributed by atoms with Gasteiger partial charge in [-0.15, -0.1) is 0 Å². The first kappa shape index (κ1) is 6.09. The second-order valence-electron chi connectivity index (χ2n) is 1.88. The third-order valence-electron chi connectivity index (χ3n) is 1.21. The summed E-state index contributed by atoms with van der Waals surface area (Å²) < 4.78 is 0.966. The van der Waals surface area contributed by atoms with Gasteiger partial charge in [-0.2, -0.15) is 0 Å². The van der Waals surface area contributed by atoms with Crippen molar-refractivity contribution in [3.63, 3.8) is 0 Å². The molecule has 0 aliphatic carbocycles. The highest BCUT2D eigenvalue weighted by atomic mass is 127. The molecule has 4 heteroatoms. The Bertz CT molecular complexity index is 295. The van der Waals surface area contributed by atoms with E-state index in [1.54, 1.807) is 6.20 Å². The van der Waals surface area contributed by atoms with E-state index in [4.69, 9.17) is 0 Å². The third kappa shape index (κ3) is 0.880. The van der Waals surface area contributed by atoms with Crippen molar-refractivity contribution < 1.29 is 0 Å². The van der Waals surface area contributed by atoms with Gasteiger partial charge in [-0.3, -0.25) is 0 Å². The van der Waals surface area contributed by atoms with Gasteiger partial charge in [-0.1, -0.05) is 0 Å². The van der Waals surface area contributed by atoms with Crippen molar-refractivity contribution in [2.45, 2.75) is 0 Å². The second-order valence-corrected chi connectivity index (χ2v) is 2.99. The molecule has 0 bridgehead atoms. The van der Waals surface area contributed by atoms with Gasteiger partial charge in [-0.05, 0) is 28.7 Å². The van der Waals surface area contributed by atoms with Crippen LogP contribution in [-0.4, -0.2) is 9.97 Å². The van der Waals surface area contributed by atoms with E-state index in [9.17, 15) is 0 Å². The van der Waals surface area contributed by atoms with Crippen molar-refractivity contribution in [3.05, 3.63) is 21.8 Å². The molecule has 0 unspecified atom stereocenters. The molecule has 0 N–H and O–H groups in total. The fourth-order valence-electron chi connectivity index (χ4n) is 0.791. The fraction of sp³-hybridized carbons (Fsp3) is 0. The monoisotopic (exact) mass is 244 g/mol. The highest BCUT2D eigenvalue weighted by Gasteiger charge is 2.11. The summed E-state index contributed by atoms with van der Waals surface area (Å²) in [5.41, 5.74) is 1.01. The summed E-state index contributed by atoms with van der Waals surface area (Å²) in [6.45, 7) is 0. The molecule has 1 aromatic rings. The lowest BCUT2D eigenvalue weighted by atomic mass is 10.3. The Morgan fingerprint density at radius 2 is 2.30 bits per heavy atom. The molecule has 49 valence electrons. The van der Waals surface area contributed by atoms with Gasteiger partial charge in [0.2, 0.25) is 0 Å². The lowest BCUT2D eigenvalue weighted by Gasteiger charge is -1.91. The maximum absolute atomic E-state index is 4.15. The van der Waals surface area contributed by atoms with E-state index in [0.29, 0.717) is 0 Å². The summed E-state index contributed by atoms with van der Waals surface area (Å²) in [5.74, 6) is 0.777. The normalized spacial score (nSPS) is 13.9. The topological polar surface area (TPSA) is 39.9 Å². The molecule has 3 nitrogen and oxygen atoms in total. The van der Waals surface area contributed by atoms with Gasteiger partial charge in [-0.25, -0.2) is 15.3 Å². The number of halogens is 1. The molecular weight excluding hydrogens is 241 g/mol. The van der Waals surface area contributed by atoms with Crippen LogP contribution in [0.1, 0.15) is 5.56 Å². The van der Waals surface area contributed by atoms with Gasteiger partial charge in [0.25, 0.3) is 0 Å². The second kappa shape index (κ2) is 2.19. The lowest BCUT2D eigenvalue weighted by Crippen LogP contribution is -1.89. The molecule has 1 aliphatic rings. The van der Waals surface area contributed by atoms with Crippen molar-refractivity contribution in [2.75, 3.05) is 0 Å². The van der Waals surface area contributed by atoms with E-state index in [2.05, 4.69) is 37.9 Å². The minimum atomic E-state index is 0.777. The van der Waals surface area contributed by atoms with Crippen LogP contribution in [0, 0.1) is 0 Å². The quantitative estimate of drug-likeness (QED) is 0.512. The van der Waals surface area contributed by atoms with Crippen LogP contribution in [0.5, 0.6) is 0 Å². The summed E-state index contributed by atoms with van der Waals surface area (Å²) in [7, 11) is 0. The van der Waals surface area contributed by atoms with E-state index in [-0.39, 0.29) is 0 Å². The summed E-state index contributed by atoms with van der Waals surface area (Å²) >= 11 is 2.15. The Balaban J connectivity index is 2.54. The first-order chi connectivity index (χ1) is 4.86. The molecule has 10 heavy (non-hydrogen) atoms. The van der Waals surface area contributed by atoms with Gasteiger partial charge in [0.05, 0.1) is 0 Å². The fourth-order valence-corrected chi connectivity index (χ4v) is 1.35. The molecule has 2 rings (SSSR count). The largest absolute Gasteiger partial charge is 0.244 e. The van der Waals surface area contributed by atoms with E-state index in [1.807, 2.05) is 6.08 Å². The number of aromatic nitrogens is 2. The Morgan fingerprint density at radius 1 is 1.40 bits per heavy atom. The summed E-state index contributed by atoms with van der Waals surface area (Å²) in [6, 6.07) is 0. The first-order valence-corrected chi connectivity index (χ1v) is 3.83. The van der Waals surface area contributed by atoms with Crippen LogP contribution in [0.4, 0.5) is 5.82 Å². The van der Waals surface area contributed by atoms with Gasteiger partial charge in [0, 0.05) is 11.8 Å². The predicted octanol–water partition coefficient (Wildman–Crippen LogP) is 1.46. The zero-order valence-electron chi connectivity index (χ0n) is 4.95. The smallest absolute Gasteiger partial charge is 0.163 e.